The topological polar surface area (TPSA) is 55.8 Å². The van der Waals surface area contributed by atoms with Gasteiger partial charge in [-0.15, -0.1) is 0 Å². The van der Waals surface area contributed by atoms with Gasteiger partial charge in [-0.25, -0.2) is 4.79 Å². The lowest BCUT2D eigenvalue weighted by atomic mass is 10.0. The van der Waals surface area contributed by atoms with Gasteiger partial charge in [0.2, 0.25) is 6.10 Å². The van der Waals surface area contributed by atoms with Gasteiger partial charge in [-0.3, -0.25) is 0 Å². The summed E-state index contributed by atoms with van der Waals surface area (Å²) in [6.45, 7) is 0. The number of fused-ring (bicyclic) bond motifs is 1. The molecule has 2 aromatic rings. The van der Waals surface area contributed by atoms with Crippen molar-refractivity contribution in [3.8, 4) is 17.2 Å². The highest BCUT2D eigenvalue weighted by Gasteiger charge is 2.48. The van der Waals surface area contributed by atoms with Gasteiger partial charge in [-0.1, -0.05) is 29.3 Å². The zero-order valence-corrected chi connectivity index (χ0v) is 14.2. The Bertz CT molecular complexity index is 909. The predicted octanol–water partition coefficient (Wildman–Crippen LogP) is 5.58. The molecule has 0 aromatic heterocycles. The van der Waals surface area contributed by atoms with E-state index in [0.717, 1.165) is 6.08 Å². The van der Waals surface area contributed by atoms with Crippen LogP contribution in [0.15, 0.2) is 42.0 Å². The summed E-state index contributed by atoms with van der Waals surface area (Å²) >= 11 is 12.0. The van der Waals surface area contributed by atoms with Crippen LogP contribution in [0.1, 0.15) is 5.56 Å². The average Bonchev–Trinajstić information content (AvgIpc) is 2.55. The van der Waals surface area contributed by atoms with Crippen molar-refractivity contribution in [3.63, 3.8) is 0 Å². The van der Waals surface area contributed by atoms with Crippen molar-refractivity contribution in [1.82, 2.24) is 0 Å². The summed E-state index contributed by atoms with van der Waals surface area (Å²) in [4.78, 5) is 11.3. The zero-order valence-electron chi connectivity index (χ0n) is 12.7. The minimum atomic E-state index is -4.89. The lowest BCUT2D eigenvalue weighted by molar-refractivity contribution is -0.187. The van der Waals surface area contributed by atoms with Crippen LogP contribution in [0.2, 0.25) is 10.0 Å². The van der Waals surface area contributed by atoms with Crippen LogP contribution >= 0.6 is 23.2 Å². The molecule has 26 heavy (non-hydrogen) atoms. The minimum absolute atomic E-state index is 0.00428. The summed E-state index contributed by atoms with van der Waals surface area (Å²) in [7, 11) is 0. The second-order valence-electron chi connectivity index (χ2n) is 5.29. The Morgan fingerprint density at radius 2 is 1.92 bits per heavy atom. The number of carbonyl (C=O) groups is 1. The quantitative estimate of drug-likeness (QED) is 0.725. The molecule has 2 aromatic carbocycles. The molecule has 0 amide bonds. The minimum Gasteiger partial charge on any atom is -0.478 e. The van der Waals surface area contributed by atoms with Crippen LogP contribution in [0.3, 0.4) is 0 Å². The molecule has 0 aliphatic carbocycles. The molecule has 3 rings (SSSR count). The summed E-state index contributed by atoms with van der Waals surface area (Å²) in [5.41, 5.74) is -0.974. The molecular formula is C17H9Cl2F3O4. The van der Waals surface area contributed by atoms with E-state index in [0.29, 0.717) is 5.02 Å². The van der Waals surface area contributed by atoms with E-state index in [1.165, 1.54) is 18.2 Å². The first kappa shape index (κ1) is 18.4. The molecule has 136 valence electrons. The van der Waals surface area contributed by atoms with Crippen LogP contribution in [0.25, 0.3) is 6.08 Å². The van der Waals surface area contributed by atoms with Gasteiger partial charge in [-0.05, 0) is 36.4 Å². The molecular weight excluding hydrogens is 396 g/mol. The molecule has 1 aliphatic heterocycles. The van der Waals surface area contributed by atoms with Gasteiger partial charge in [-0.2, -0.15) is 13.2 Å². The van der Waals surface area contributed by atoms with Crippen LogP contribution in [0.4, 0.5) is 13.2 Å². The van der Waals surface area contributed by atoms with Crippen LogP contribution in [0, 0.1) is 0 Å². The first-order valence-corrected chi connectivity index (χ1v) is 7.86. The van der Waals surface area contributed by atoms with Crippen LogP contribution in [-0.4, -0.2) is 23.4 Å². The number of carboxylic acids is 1. The third-order valence-corrected chi connectivity index (χ3v) is 4.03. The zero-order chi connectivity index (χ0) is 19.1. The van der Waals surface area contributed by atoms with E-state index in [1.54, 1.807) is 18.2 Å². The third-order valence-electron chi connectivity index (χ3n) is 3.50. The maximum atomic E-state index is 13.1. The SMILES string of the molecule is O=C(O)C1=Cc2c(ccc(Cl)c2Oc2cccc(Cl)c2)O[C@@H]1C(F)(F)F. The van der Waals surface area contributed by atoms with Gasteiger partial charge >= 0.3 is 12.1 Å². The number of halogens is 5. The van der Waals surface area contributed by atoms with Gasteiger partial charge in [0.1, 0.15) is 11.5 Å². The molecule has 0 radical (unpaired) electrons. The highest BCUT2D eigenvalue weighted by atomic mass is 35.5. The second-order valence-corrected chi connectivity index (χ2v) is 6.14. The maximum absolute atomic E-state index is 13.1. The first-order valence-electron chi connectivity index (χ1n) is 7.11. The Labute approximate surface area is 155 Å². The Hall–Kier alpha value is -2.38. The van der Waals surface area contributed by atoms with Crippen molar-refractivity contribution in [3.05, 3.63) is 57.6 Å². The van der Waals surface area contributed by atoms with Gasteiger partial charge in [0, 0.05) is 5.02 Å². The van der Waals surface area contributed by atoms with E-state index in [4.69, 9.17) is 37.8 Å². The number of alkyl halides is 3. The monoisotopic (exact) mass is 404 g/mol. The van der Waals surface area contributed by atoms with Crippen molar-refractivity contribution in [2.45, 2.75) is 12.3 Å². The Kier molecular flexibility index (Phi) is 4.77. The van der Waals surface area contributed by atoms with E-state index in [-0.39, 0.29) is 27.8 Å². The van der Waals surface area contributed by atoms with E-state index < -0.39 is 23.8 Å². The van der Waals surface area contributed by atoms with Crippen LogP contribution in [-0.2, 0) is 4.79 Å². The molecule has 0 saturated carbocycles. The summed E-state index contributed by atoms with van der Waals surface area (Å²) in [5, 5.41) is 9.59. The molecule has 0 bridgehead atoms. The second kappa shape index (κ2) is 6.74. The summed E-state index contributed by atoms with van der Waals surface area (Å²) < 4.78 is 49.9. The Balaban J connectivity index is 2.11. The highest BCUT2D eigenvalue weighted by molar-refractivity contribution is 6.32. The molecule has 0 unspecified atom stereocenters. The summed E-state index contributed by atoms with van der Waals surface area (Å²) in [6, 6.07) is 8.77. The normalized spacial score (nSPS) is 16.3. The maximum Gasteiger partial charge on any atom is 0.430 e. The average molecular weight is 405 g/mol. The van der Waals surface area contributed by atoms with Crippen molar-refractivity contribution in [1.29, 1.82) is 0 Å². The molecule has 0 spiro atoms. The Morgan fingerprint density at radius 3 is 2.54 bits per heavy atom. The number of ether oxygens (including phenoxy) is 2. The molecule has 1 heterocycles. The number of hydrogen-bond acceptors (Lipinski definition) is 3. The molecule has 0 fully saturated rings. The Morgan fingerprint density at radius 1 is 1.19 bits per heavy atom. The smallest absolute Gasteiger partial charge is 0.430 e. The fraction of sp³-hybridized carbons (Fsp3) is 0.118. The number of benzene rings is 2. The molecule has 1 atom stereocenters. The number of carboxylic acid groups (broad SMARTS) is 1. The largest absolute Gasteiger partial charge is 0.478 e. The van der Waals surface area contributed by atoms with Gasteiger partial charge in [0.05, 0.1) is 16.2 Å². The van der Waals surface area contributed by atoms with Crippen molar-refractivity contribution in [2.75, 3.05) is 0 Å². The molecule has 4 nitrogen and oxygen atoms in total. The molecule has 1 aliphatic rings. The highest BCUT2D eigenvalue weighted by Crippen LogP contribution is 2.45. The van der Waals surface area contributed by atoms with Crippen molar-refractivity contribution >= 4 is 35.2 Å². The van der Waals surface area contributed by atoms with Crippen LogP contribution in [0.5, 0.6) is 17.2 Å². The van der Waals surface area contributed by atoms with E-state index in [2.05, 4.69) is 0 Å². The fourth-order valence-electron chi connectivity index (χ4n) is 2.39. The standard InChI is InChI=1S/C17H9Cl2F3O4/c18-8-2-1-3-9(6-8)25-14-10-7-11(16(23)24)15(17(20,21)22)26-13(10)5-4-12(14)19/h1-7,15H,(H,23,24)/t15-/m0/s1. The van der Waals surface area contributed by atoms with E-state index in [1.807, 2.05) is 0 Å². The number of rotatable bonds is 3. The molecule has 0 saturated heterocycles. The first-order chi connectivity index (χ1) is 12.2. The fourth-order valence-corrected chi connectivity index (χ4v) is 2.77. The predicted molar refractivity (Wildman–Crippen MR) is 89.1 cm³/mol. The summed E-state index contributed by atoms with van der Waals surface area (Å²) in [6.07, 6.45) is -6.63. The number of aliphatic carboxylic acids is 1. The van der Waals surface area contributed by atoms with Gasteiger partial charge in [0.15, 0.2) is 5.75 Å². The van der Waals surface area contributed by atoms with Crippen molar-refractivity contribution in [2.24, 2.45) is 0 Å². The van der Waals surface area contributed by atoms with Gasteiger partial charge in [0.25, 0.3) is 0 Å². The van der Waals surface area contributed by atoms with Crippen molar-refractivity contribution < 1.29 is 32.5 Å². The van der Waals surface area contributed by atoms with Gasteiger partial charge < -0.3 is 14.6 Å². The third kappa shape index (κ3) is 3.59. The number of hydrogen-bond donors (Lipinski definition) is 1. The van der Waals surface area contributed by atoms with Crippen LogP contribution < -0.4 is 9.47 Å². The van der Waals surface area contributed by atoms with E-state index in [9.17, 15) is 18.0 Å². The summed E-state index contributed by atoms with van der Waals surface area (Å²) in [5.74, 6) is -1.72. The lowest BCUT2D eigenvalue weighted by Gasteiger charge is -2.28. The molecule has 9 heteroatoms. The lowest BCUT2D eigenvalue weighted by Crippen LogP contribution is -2.40. The van der Waals surface area contributed by atoms with E-state index >= 15 is 0 Å². The molecule has 1 N–H and O–H groups in total.